The van der Waals surface area contributed by atoms with E-state index >= 15 is 0 Å². The molecule has 0 aromatic carbocycles. The van der Waals surface area contributed by atoms with Crippen molar-refractivity contribution in [2.24, 2.45) is 28.6 Å². The van der Waals surface area contributed by atoms with Gasteiger partial charge in [0, 0.05) is 12.5 Å². The highest BCUT2D eigenvalue weighted by atomic mass is 16.5. The van der Waals surface area contributed by atoms with Gasteiger partial charge in [-0.2, -0.15) is 0 Å². The van der Waals surface area contributed by atoms with E-state index in [0.29, 0.717) is 11.3 Å². The molecule has 0 aromatic rings. The number of hydrogen-bond donors (Lipinski definition) is 1. The van der Waals surface area contributed by atoms with Crippen LogP contribution in [0, 0.1) is 40.9 Å². The molecule has 4 rings (SSSR count). The highest BCUT2D eigenvalue weighted by Crippen LogP contribution is 2.68. The molecule has 0 spiro atoms. The van der Waals surface area contributed by atoms with Gasteiger partial charge in [0.1, 0.15) is 5.60 Å². The summed E-state index contributed by atoms with van der Waals surface area (Å²) in [6, 6.07) is 0. The van der Waals surface area contributed by atoms with Crippen LogP contribution in [0.1, 0.15) is 71.6 Å². The number of allylic oxidation sites excluding steroid dienone is 1. The van der Waals surface area contributed by atoms with Gasteiger partial charge in [0.05, 0.1) is 6.10 Å². The second-order valence-corrected chi connectivity index (χ2v) is 9.42. The number of fused-ring (bicyclic) bond motifs is 5. The average molecular weight is 343 g/mol. The third-order valence-electron chi connectivity index (χ3n) is 9.13. The summed E-state index contributed by atoms with van der Waals surface area (Å²) in [5, 5.41) is 10.2. The van der Waals surface area contributed by atoms with E-state index in [1.54, 1.807) is 5.57 Å². The van der Waals surface area contributed by atoms with Gasteiger partial charge in [-0.05, 0) is 81.0 Å². The van der Waals surface area contributed by atoms with Gasteiger partial charge in [-0.15, -0.1) is 6.42 Å². The topological polar surface area (TPSA) is 29.5 Å². The maximum absolute atomic E-state index is 10.2. The van der Waals surface area contributed by atoms with Crippen LogP contribution in [0.5, 0.6) is 0 Å². The van der Waals surface area contributed by atoms with Crippen molar-refractivity contribution in [3.8, 4) is 12.3 Å². The lowest BCUT2D eigenvalue weighted by Gasteiger charge is -2.59. The minimum atomic E-state index is -0.366. The van der Waals surface area contributed by atoms with Gasteiger partial charge in [0.2, 0.25) is 0 Å². The van der Waals surface area contributed by atoms with Crippen LogP contribution in [0.25, 0.3) is 0 Å². The third kappa shape index (κ3) is 2.12. The van der Waals surface area contributed by atoms with Crippen LogP contribution in [0.15, 0.2) is 11.6 Å². The summed E-state index contributed by atoms with van der Waals surface area (Å²) in [5.41, 5.74) is 1.67. The lowest BCUT2D eigenvalue weighted by Crippen LogP contribution is -2.55. The van der Waals surface area contributed by atoms with E-state index in [1.807, 2.05) is 7.11 Å². The first-order chi connectivity index (χ1) is 12.0. The van der Waals surface area contributed by atoms with Crippen LogP contribution in [0.3, 0.4) is 0 Å². The molecule has 0 amide bonds. The molecule has 0 saturated heterocycles. The maximum Gasteiger partial charge on any atom is 0.133 e. The summed E-state index contributed by atoms with van der Waals surface area (Å²) < 4.78 is 5.99. The molecule has 25 heavy (non-hydrogen) atoms. The molecule has 2 heteroatoms. The molecule has 0 aromatic heterocycles. The SMILES string of the molecule is C#C[C@]1(OC)CCC2C3CC=C4C[C@@H](O)CC[C@]4(CC)C3CC[C@@]21C. The molecule has 2 nitrogen and oxygen atoms in total. The van der Waals surface area contributed by atoms with Crippen LogP contribution in [-0.2, 0) is 4.74 Å². The zero-order valence-electron chi connectivity index (χ0n) is 16.2. The normalized spacial score (nSPS) is 51.7. The van der Waals surface area contributed by atoms with Crippen molar-refractivity contribution in [3.63, 3.8) is 0 Å². The Bertz CT molecular complexity index is 616. The summed E-state index contributed by atoms with van der Waals surface area (Å²) in [7, 11) is 1.81. The van der Waals surface area contributed by atoms with Crippen LogP contribution in [-0.4, -0.2) is 23.9 Å². The number of methoxy groups -OCH3 is 1. The van der Waals surface area contributed by atoms with Crippen LogP contribution < -0.4 is 0 Å². The Balaban J connectivity index is 1.71. The fourth-order valence-corrected chi connectivity index (χ4v) is 7.73. The highest BCUT2D eigenvalue weighted by molar-refractivity contribution is 5.29. The summed E-state index contributed by atoms with van der Waals surface area (Å²) in [6.07, 6.45) is 18.5. The molecule has 3 fully saturated rings. The van der Waals surface area contributed by atoms with E-state index in [0.717, 1.165) is 31.1 Å². The zero-order valence-corrected chi connectivity index (χ0v) is 16.2. The lowest BCUT2D eigenvalue weighted by atomic mass is 9.46. The first-order valence-electron chi connectivity index (χ1n) is 10.4. The van der Waals surface area contributed by atoms with Gasteiger partial charge in [-0.25, -0.2) is 0 Å². The number of aliphatic hydroxyl groups excluding tert-OH is 1. The quantitative estimate of drug-likeness (QED) is 0.581. The second-order valence-electron chi connectivity index (χ2n) is 9.42. The van der Waals surface area contributed by atoms with E-state index in [9.17, 15) is 5.11 Å². The van der Waals surface area contributed by atoms with Crippen LogP contribution in [0.4, 0.5) is 0 Å². The molecule has 3 unspecified atom stereocenters. The highest BCUT2D eigenvalue weighted by Gasteiger charge is 2.64. The molecular formula is C23H34O2. The summed E-state index contributed by atoms with van der Waals surface area (Å²) in [6.45, 7) is 4.78. The number of hydrogen-bond acceptors (Lipinski definition) is 2. The van der Waals surface area contributed by atoms with E-state index < -0.39 is 0 Å². The van der Waals surface area contributed by atoms with Crippen molar-refractivity contribution in [1.82, 2.24) is 0 Å². The molecule has 4 aliphatic rings. The summed E-state index contributed by atoms with van der Waals surface area (Å²) in [4.78, 5) is 0. The second kappa shape index (κ2) is 5.86. The van der Waals surface area contributed by atoms with E-state index in [-0.39, 0.29) is 17.1 Å². The summed E-state index contributed by atoms with van der Waals surface area (Å²) in [5.74, 6) is 5.26. The number of ether oxygens (including phenoxy) is 1. The largest absolute Gasteiger partial charge is 0.393 e. The Morgan fingerprint density at radius 3 is 2.68 bits per heavy atom. The fourth-order valence-electron chi connectivity index (χ4n) is 7.73. The first kappa shape index (κ1) is 17.6. The molecule has 7 atom stereocenters. The molecule has 1 N–H and O–H groups in total. The Hall–Kier alpha value is -0.780. The van der Waals surface area contributed by atoms with Gasteiger partial charge in [0.15, 0.2) is 0 Å². The van der Waals surface area contributed by atoms with Crippen molar-refractivity contribution >= 4 is 0 Å². The molecular weight excluding hydrogens is 308 g/mol. The van der Waals surface area contributed by atoms with Crippen molar-refractivity contribution in [2.45, 2.75) is 83.3 Å². The van der Waals surface area contributed by atoms with Gasteiger partial charge in [-0.1, -0.05) is 31.4 Å². The maximum atomic E-state index is 10.2. The van der Waals surface area contributed by atoms with E-state index in [1.165, 1.54) is 38.5 Å². The Kier molecular flexibility index (Phi) is 4.13. The van der Waals surface area contributed by atoms with Crippen molar-refractivity contribution < 1.29 is 9.84 Å². The molecule has 0 bridgehead atoms. The van der Waals surface area contributed by atoms with Crippen molar-refractivity contribution in [1.29, 1.82) is 0 Å². The minimum absolute atomic E-state index is 0.117. The first-order valence-corrected chi connectivity index (χ1v) is 10.4. The third-order valence-corrected chi connectivity index (χ3v) is 9.13. The molecule has 0 radical (unpaired) electrons. The molecule has 3 saturated carbocycles. The number of rotatable bonds is 2. The smallest absolute Gasteiger partial charge is 0.133 e. The van der Waals surface area contributed by atoms with E-state index in [4.69, 9.17) is 11.2 Å². The Morgan fingerprint density at radius 1 is 1.24 bits per heavy atom. The van der Waals surface area contributed by atoms with Crippen molar-refractivity contribution in [3.05, 3.63) is 11.6 Å². The molecule has 4 aliphatic carbocycles. The molecule has 138 valence electrons. The molecule has 0 aliphatic heterocycles. The fraction of sp³-hybridized carbons (Fsp3) is 0.826. The van der Waals surface area contributed by atoms with Gasteiger partial charge >= 0.3 is 0 Å². The zero-order chi connectivity index (χ0) is 17.9. The minimum Gasteiger partial charge on any atom is -0.393 e. The van der Waals surface area contributed by atoms with E-state index in [2.05, 4.69) is 25.8 Å². The van der Waals surface area contributed by atoms with Crippen LogP contribution in [0.2, 0.25) is 0 Å². The summed E-state index contributed by atoms with van der Waals surface area (Å²) >= 11 is 0. The monoisotopic (exact) mass is 342 g/mol. The number of terminal acetylenes is 1. The van der Waals surface area contributed by atoms with Gasteiger partial charge in [0.25, 0.3) is 0 Å². The van der Waals surface area contributed by atoms with Gasteiger partial charge in [-0.3, -0.25) is 0 Å². The predicted octanol–water partition coefficient (Wildman–Crippen LogP) is 4.72. The van der Waals surface area contributed by atoms with Gasteiger partial charge < -0.3 is 9.84 Å². The van der Waals surface area contributed by atoms with Crippen molar-refractivity contribution in [2.75, 3.05) is 7.11 Å². The Labute approximate surface area is 153 Å². The lowest BCUT2D eigenvalue weighted by molar-refractivity contribution is -0.115. The number of aliphatic hydroxyl groups is 1. The standard InChI is InChI=1S/C23H34O2/c1-5-22-13-9-17(24)15-16(22)7-8-18-19-11-14-23(6-2,25-4)21(19,3)12-10-20(18)22/h2,7,17-20,24H,5,8-15H2,1,3-4H3/t17-,18?,19?,20?,21-,22-,23-/m0/s1. The van der Waals surface area contributed by atoms with Crippen LogP contribution >= 0.6 is 0 Å². The predicted molar refractivity (Wildman–Crippen MR) is 101 cm³/mol. The average Bonchev–Trinajstić information content (AvgIpc) is 2.94. The molecule has 0 heterocycles. The Morgan fingerprint density at radius 2 is 2.00 bits per heavy atom.